The summed E-state index contributed by atoms with van der Waals surface area (Å²) < 4.78 is 5.25. The Kier molecular flexibility index (Phi) is 4.64. The van der Waals surface area contributed by atoms with Crippen molar-refractivity contribution in [3.8, 4) is 11.5 Å². The van der Waals surface area contributed by atoms with Crippen molar-refractivity contribution in [1.82, 2.24) is 5.32 Å². The van der Waals surface area contributed by atoms with E-state index in [4.69, 9.17) is 4.74 Å². The Hall–Kier alpha value is -2.00. The summed E-state index contributed by atoms with van der Waals surface area (Å²) in [5.41, 5.74) is 2.34. The second-order valence-corrected chi connectivity index (χ2v) is 4.98. The van der Waals surface area contributed by atoms with Crippen molar-refractivity contribution in [2.45, 2.75) is 25.9 Å². The minimum Gasteiger partial charge on any atom is -0.508 e. The number of hydrogen-bond donors (Lipinski definition) is 2. The fraction of sp³-hybridized carbons (Fsp3) is 0.294. The number of methoxy groups -OCH3 is 1. The number of rotatable bonds is 5. The number of ether oxygens (including phenoxy) is 1. The van der Waals surface area contributed by atoms with E-state index in [1.54, 1.807) is 19.2 Å². The van der Waals surface area contributed by atoms with Crippen LogP contribution in [0.15, 0.2) is 48.5 Å². The molecule has 1 unspecified atom stereocenters. The molecule has 3 nitrogen and oxygen atoms in total. The van der Waals surface area contributed by atoms with Crippen molar-refractivity contribution in [1.29, 1.82) is 0 Å². The highest BCUT2D eigenvalue weighted by Crippen LogP contribution is 2.23. The zero-order valence-electron chi connectivity index (χ0n) is 12.1. The van der Waals surface area contributed by atoms with E-state index in [0.717, 1.165) is 11.3 Å². The van der Waals surface area contributed by atoms with Crippen LogP contribution in [0.3, 0.4) is 0 Å². The molecule has 0 saturated carbocycles. The van der Waals surface area contributed by atoms with Gasteiger partial charge in [0.05, 0.1) is 7.11 Å². The Morgan fingerprint density at radius 1 is 0.950 bits per heavy atom. The average molecular weight is 271 g/mol. The summed E-state index contributed by atoms with van der Waals surface area (Å²) in [4.78, 5) is 0. The number of aromatic hydroxyl groups is 1. The molecule has 2 aromatic carbocycles. The number of phenolic OH excluding ortho intramolecular Hbond substituents is 1. The lowest BCUT2D eigenvalue weighted by Crippen LogP contribution is -2.22. The SMILES string of the molecule is COc1cccc([C@@H](C)NC(C)c2ccc(O)cc2)c1. The van der Waals surface area contributed by atoms with E-state index in [2.05, 4.69) is 25.2 Å². The van der Waals surface area contributed by atoms with Gasteiger partial charge in [-0.2, -0.15) is 0 Å². The number of nitrogens with one attached hydrogen (secondary N) is 1. The largest absolute Gasteiger partial charge is 0.508 e. The Morgan fingerprint density at radius 3 is 2.25 bits per heavy atom. The number of benzene rings is 2. The summed E-state index contributed by atoms with van der Waals surface area (Å²) in [6.45, 7) is 4.24. The van der Waals surface area contributed by atoms with Crippen molar-refractivity contribution in [3.63, 3.8) is 0 Å². The van der Waals surface area contributed by atoms with Gasteiger partial charge in [0, 0.05) is 12.1 Å². The Bertz CT molecular complexity index is 551. The Morgan fingerprint density at radius 2 is 1.60 bits per heavy atom. The molecule has 0 aliphatic rings. The van der Waals surface area contributed by atoms with Crippen LogP contribution in [-0.2, 0) is 0 Å². The molecule has 0 bridgehead atoms. The molecule has 0 aliphatic carbocycles. The van der Waals surface area contributed by atoms with Crippen LogP contribution < -0.4 is 10.1 Å². The standard InChI is InChI=1S/C17H21NO2/c1-12(14-7-9-16(19)10-8-14)18-13(2)15-5-4-6-17(11-15)20-3/h4-13,18-19H,1-3H3/t12?,13-/m1/s1. The molecule has 2 aromatic rings. The second-order valence-electron chi connectivity index (χ2n) is 4.98. The van der Waals surface area contributed by atoms with Gasteiger partial charge >= 0.3 is 0 Å². The van der Waals surface area contributed by atoms with Crippen LogP contribution in [0.25, 0.3) is 0 Å². The maximum atomic E-state index is 9.32. The van der Waals surface area contributed by atoms with Gasteiger partial charge in [-0.1, -0.05) is 24.3 Å². The van der Waals surface area contributed by atoms with Gasteiger partial charge in [0.25, 0.3) is 0 Å². The Labute approximate surface area is 120 Å². The van der Waals surface area contributed by atoms with E-state index in [9.17, 15) is 5.11 Å². The number of hydrogen-bond acceptors (Lipinski definition) is 3. The van der Waals surface area contributed by atoms with Crippen LogP contribution in [0.4, 0.5) is 0 Å². The van der Waals surface area contributed by atoms with E-state index in [0.29, 0.717) is 5.75 Å². The van der Waals surface area contributed by atoms with E-state index in [1.165, 1.54) is 5.56 Å². The lowest BCUT2D eigenvalue weighted by atomic mass is 10.0. The van der Waals surface area contributed by atoms with Gasteiger partial charge in [-0.3, -0.25) is 0 Å². The molecule has 3 heteroatoms. The van der Waals surface area contributed by atoms with Crippen molar-refractivity contribution in [2.75, 3.05) is 7.11 Å². The third-order valence-electron chi connectivity index (χ3n) is 3.49. The molecular weight excluding hydrogens is 250 g/mol. The molecule has 0 aliphatic heterocycles. The monoisotopic (exact) mass is 271 g/mol. The van der Waals surface area contributed by atoms with Gasteiger partial charge in [0.1, 0.15) is 11.5 Å². The molecule has 106 valence electrons. The first kappa shape index (κ1) is 14.4. The van der Waals surface area contributed by atoms with Crippen LogP contribution in [0.5, 0.6) is 11.5 Å². The van der Waals surface area contributed by atoms with E-state index >= 15 is 0 Å². The second kappa shape index (κ2) is 6.44. The van der Waals surface area contributed by atoms with Crippen molar-refractivity contribution >= 4 is 0 Å². The maximum Gasteiger partial charge on any atom is 0.119 e. The van der Waals surface area contributed by atoms with Crippen molar-refractivity contribution in [3.05, 3.63) is 59.7 Å². The van der Waals surface area contributed by atoms with Gasteiger partial charge in [0.15, 0.2) is 0 Å². The first-order valence-electron chi connectivity index (χ1n) is 6.79. The number of phenols is 1. The summed E-state index contributed by atoms with van der Waals surface area (Å²) >= 11 is 0. The molecule has 0 fully saturated rings. The normalized spacial score (nSPS) is 13.8. The van der Waals surface area contributed by atoms with Gasteiger partial charge < -0.3 is 15.2 Å². The molecular formula is C17H21NO2. The van der Waals surface area contributed by atoms with Crippen molar-refractivity contribution in [2.24, 2.45) is 0 Å². The average Bonchev–Trinajstić information content (AvgIpc) is 2.47. The predicted octanol–water partition coefficient (Wildman–Crippen LogP) is 3.81. The zero-order valence-corrected chi connectivity index (χ0v) is 12.1. The molecule has 2 atom stereocenters. The third-order valence-corrected chi connectivity index (χ3v) is 3.49. The molecule has 0 amide bonds. The van der Waals surface area contributed by atoms with Gasteiger partial charge in [-0.15, -0.1) is 0 Å². The highest BCUT2D eigenvalue weighted by Gasteiger charge is 2.11. The molecule has 0 heterocycles. The summed E-state index contributed by atoms with van der Waals surface area (Å²) in [6, 6.07) is 15.8. The molecule has 0 saturated heterocycles. The van der Waals surface area contributed by atoms with Gasteiger partial charge in [0.2, 0.25) is 0 Å². The van der Waals surface area contributed by atoms with Crippen molar-refractivity contribution < 1.29 is 9.84 Å². The van der Waals surface area contributed by atoms with Crippen LogP contribution in [0.2, 0.25) is 0 Å². The molecule has 0 spiro atoms. The summed E-state index contributed by atoms with van der Waals surface area (Å²) in [5.74, 6) is 1.16. The first-order chi connectivity index (χ1) is 9.60. The summed E-state index contributed by atoms with van der Waals surface area (Å²) in [6.07, 6.45) is 0. The van der Waals surface area contributed by atoms with E-state index in [1.807, 2.05) is 30.3 Å². The van der Waals surface area contributed by atoms with Gasteiger partial charge in [-0.25, -0.2) is 0 Å². The van der Waals surface area contributed by atoms with Crippen LogP contribution >= 0.6 is 0 Å². The summed E-state index contributed by atoms with van der Waals surface area (Å²) in [7, 11) is 1.68. The minimum absolute atomic E-state index is 0.205. The van der Waals surface area contributed by atoms with Gasteiger partial charge in [-0.05, 0) is 49.2 Å². The topological polar surface area (TPSA) is 41.5 Å². The smallest absolute Gasteiger partial charge is 0.119 e. The highest BCUT2D eigenvalue weighted by molar-refractivity contribution is 5.31. The van der Waals surface area contributed by atoms with Crippen LogP contribution in [-0.4, -0.2) is 12.2 Å². The highest BCUT2D eigenvalue weighted by atomic mass is 16.5. The minimum atomic E-state index is 0.205. The van der Waals surface area contributed by atoms with E-state index in [-0.39, 0.29) is 12.1 Å². The summed E-state index contributed by atoms with van der Waals surface area (Å²) in [5, 5.41) is 12.9. The molecule has 0 radical (unpaired) electrons. The fourth-order valence-electron chi connectivity index (χ4n) is 2.24. The molecule has 0 aromatic heterocycles. The zero-order chi connectivity index (χ0) is 14.5. The first-order valence-corrected chi connectivity index (χ1v) is 6.79. The molecule has 2 rings (SSSR count). The lowest BCUT2D eigenvalue weighted by molar-refractivity contribution is 0.412. The molecule has 2 N–H and O–H groups in total. The Balaban J connectivity index is 2.06. The predicted molar refractivity (Wildman–Crippen MR) is 81.1 cm³/mol. The quantitative estimate of drug-likeness (QED) is 0.868. The third kappa shape index (κ3) is 3.52. The maximum absolute atomic E-state index is 9.32. The molecule has 20 heavy (non-hydrogen) atoms. The fourth-order valence-corrected chi connectivity index (χ4v) is 2.24. The van der Waals surface area contributed by atoms with E-state index < -0.39 is 0 Å². The lowest BCUT2D eigenvalue weighted by Gasteiger charge is -2.21. The van der Waals surface area contributed by atoms with Crippen LogP contribution in [0.1, 0.15) is 37.1 Å². The van der Waals surface area contributed by atoms with Crippen LogP contribution in [0, 0.1) is 0 Å².